The van der Waals surface area contributed by atoms with Crippen molar-refractivity contribution in [1.82, 2.24) is 0 Å². The Morgan fingerprint density at radius 2 is 1.69 bits per heavy atom. The van der Waals surface area contributed by atoms with Gasteiger partial charge in [-0.2, -0.15) is 0 Å². The third-order valence-corrected chi connectivity index (χ3v) is 6.21. The van der Waals surface area contributed by atoms with Gasteiger partial charge in [-0.1, -0.05) is 43.3 Å². The molecule has 2 amide bonds. The SMILES string of the molecule is CCCOc1ccc([C@@H]2[C@H]3C(=O)N(c4ccccc4F)C(=O)[C@H]3ON2c2ccccc2)cc1OC. The van der Waals surface area contributed by atoms with E-state index in [1.165, 1.54) is 18.2 Å². The number of carbonyl (C=O) groups excluding carboxylic acids is 2. The van der Waals surface area contributed by atoms with E-state index >= 15 is 0 Å². The van der Waals surface area contributed by atoms with Gasteiger partial charge in [0.15, 0.2) is 17.6 Å². The summed E-state index contributed by atoms with van der Waals surface area (Å²) in [6, 6.07) is 19.7. The molecular formula is C27H25FN2O5. The number of fused-ring (bicyclic) bond motifs is 1. The van der Waals surface area contributed by atoms with E-state index in [1.54, 1.807) is 30.4 Å². The molecule has 3 atom stereocenters. The van der Waals surface area contributed by atoms with Crippen LogP contribution in [0.2, 0.25) is 0 Å². The molecule has 3 aromatic carbocycles. The summed E-state index contributed by atoms with van der Waals surface area (Å²) in [4.78, 5) is 34.0. The highest BCUT2D eigenvalue weighted by Gasteiger charge is 2.60. The Morgan fingerprint density at radius 1 is 0.943 bits per heavy atom. The van der Waals surface area contributed by atoms with Crippen molar-refractivity contribution < 1.29 is 28.3 Å². The molecule has 8 heteroatoms. The third kappa shape index (κ3) is 3.89. The highest BCUT2D eigenvalue weighted by atomic mass is 19.1. The fraction of sp³-hybridized carbons (Fsp3) is 0.259. The number of ether oxygens (including phenoxy) is 2. The second kappa shape index (κ2) is 9.38. The first-order valence-electron chi connectivity index (χ1n) is 11.5. The molecule has 180 valence electrons. The predicted molar refractivity (Wildman–Crippen MR) is 128 cm³/mol. The van der Waals surface area contributed by atoms with Crippen LogP contribution in [0.15, 0.2) is 72.8 Å². The number of halogens is 1. The van der Waals surface area contributed by atoms with Crippen LogP contribution in [0.4, 0.5) is 15.8 Å². The number of hydrogen-bond donors (Lipinski definition) is 0. The molecular weight excluding hydrogens is 451 g/mol. The molecule has 3 aromatic rings. The zero-order valence-electron chi connectivity index (χ0n) is 19.4. The van der Waals surface area contributed by atoms with Gasteiger partial charge in [0.05, 0.1) is 31.1 Å². The van der Waals surface area contributed by atoms with Crippen LogP contribution in [0.25, 0.3) is 0 Å². The Morgan fingerprint density at radius 3 is 2.40 bits per heavy atom. The lowest BCUT2D eigenvalue weighted by Gasteiger charge is -2.29. The zero-order valence-corrected chi connectivity index (χ0v) is 19.4. The Balaban J connectivity index is 1.58. The number of hydroxylamine groups is 1. The van der Waals surface area contributed by atoms with Crippen LogP contribution in [-0.4, -0.2) is 31.6 Å². The molecule has 0 aromatic heterocycles. The van der Waals surface area contributed by atoms with Crippen molar-refractivity contribution in [3.8, 4) is 11.5 Å². The maximum Gasteiger partial charge on any atom is 0.266 e. The first-order chi connectivity index (χ1) is 17.0. The second-order valence-corrected chi connectivity index (χ2v) is 8.38. The fourth-order valence-corrected chi connectivity index (χ4v) is 4.62. The van der Waals surface area contributed by atoms with Crippen molar-refractivity contribution in [3.63, 3.8) is 0 Å². The first-order valence-corrected chi connectivity index (χ1v) is 11.5. The van der Waals surface area contributed by atoms with E-state index in [9.17, 15) is 14.0 Å². The summed E-state index contributed by atoms with van der Waals surface area (Å²) < 4.78 is 25.9. The first kappa shape index (κ1) is 22.9. The number of nitrogens with zero attached hydrogens (tertiary/aromatic N) is 2. The Bertz CT molecular complexity index is 1250. The van der Waals surface area contributed by atoms with Gasteiger partial charge in [0, 0.05) is 0 Å². The molecule has 0 bridgehead atoms. The summed E-state index contributed by atoms with van der Waals surface area (Å²) in [5, 5.41) is 1.59. The van der Waals surface area contributed by atoms with Gasteiger partial charge >= 0.3 is 0 Å². The van der Waals surface area contributed by atoms with Crippen LogP contribution in [-0.2, 0) is 14.4 Å². The molecule has 2 fully saturated rings. The average molecular weight is 477 g/mol. The molecule has 2 heterocycles. The van der Waals surface area contributed by atoms with Crippen molar-refractivity contribution in [1.29, 1.82) is 0 Å². The number of benzene rings is 3. The number of imide groups is 1. The molecule has 0 aliphatic carbocycles. The summed E-state index contributed by atoms with van der Waals surface area (Å²) in [5.74, 6) is -1.54. The van der Waals surface area contributed by atoms with E-state index in [4.69, 9.17) is 14.3 Å². The van der Waals surface area contributed by atoms with Gasteiger partial charge in [0.1, 0.15) is 11.7 Å². The summed E-state index contributed by atoms with van der Waals surface area (Å²) in [5.41, 5.74) is 1.32. The standard InChI is InChI=1S/C27H25FN2O5/c1-3-15-34-21-14-13-17(16-22(21)33-2)24-23-25(35-30(24)18-9-5-4-6-10-18)27(32)29(26(23)31)20-12-8-7-11-19(20)28/h4-14,16,23-25H,3,15H2,1-2H3/t23-,24-,25+/m1/s1. The zero-order chi connectivity index (χ0) is 24.5. The Kier molecular flexibility index (Phi) is 6.13. The lowest BCUT2D eigenvalue weighted by molar-refractivity contribution is -0.126. The van der Waals surface area contributed by atoms with Crippen molar-refractivity contribution in [2.24, 2.45) is 5.92 Å². The monoisotopic (exact) mass is 476 g/mol. The molecule has 0 spiro atoms. The quantitative estimate of drug-likeness (QED) is 0.462. The predicted octanol–water partition coefficient (Wildman–Crippen LogP) is 4.67. The lowest BCUT2D eigenvalue weighted by atomic mass is 9.90. The number of rotatable bonds is 7. The molecule has 0 radical (unpaired) electrons. The van der Waals surface area contributed by atoms with Crippen molar-refractivity contribution in [2.75, 3.05) is 23.7 Å². The van der Waals surface area contributed by atoms with Crippen LogP contribution in [0.1, 0.15) is 24.9 Å². The van der Waals surface area contributed by atoms with Gasteiger partial charge in [-0.25, -0.2) is 14.4 Å². The maximum atomic E-state index is 14.5. The van der Waals surface area contributed by atoms with E-state index < -0.39 is 35.7 Å². The molecule has 0 saturated carbocycles. The number of anilines is 2. The van der Waals surface area contributed by atoms with Crippen LogP contribution in [0.5, 0.6) is 11.5 Å². The van der Waals surface area contributed by atoms with Gasteiger partial charge < -0.3 is 9.47 Å². The molecule has 7 nitrogen and oxygen atoms in total. The second-order valence-electron chi connectivity index (χ2n) is 8.38. The summed E-state index contributed by atoms with van der Waals surface area (Å²) in [6.45, 7) is 2.55. The van der Waals surface area contributed by atoms with E-state index in [-0.39, 0.29) is 5.69 Å². The summed E-state index contributed by atoms with van der Waals surface area (Å²) in [6.07, 6.45) is -0.246. The fourth-order valence-electron chi connectivity index (χ4n) is 4.62. The average Bonchev–Trinajstić information content (AvgIpc) is 3.39. The molecule has 2 aliphatic rings. The summed E-state index contributed by atoms with van der Waals surface area (Å²) in [7, 11) is 1.55. The van der Waals surface area contributed by atoms with Gasteiger partial charge in [-0.3, -0.25) is 14.4 Å². The van der Waals surface area contributed by atoms with Gasteiger partial charge in [-0.15, -0.1) is 0 Å². The smallest absolute Gasteiger partial charge is 0.266 e. The molecule has 0 unspecified atom stereocenters. The number of para-hydroxylation sites is 2. The van der Waals surface area contributed by atoms with Crippen LogP contribution in [0, 0.1) is 11.7 Å². The Labute approximate surface area is 202 Å². The third-order valence-electron chi connectivity index (χ3n) is 6.21. The van der Waals surface area contributed by atoms with E-state index in [0.717, 1.165) is 11.3 Å². The van der Waals surface area contributed by atoms with E-state index in [1.807, 2.05) is 43.3 Å². The molecule has 2 saturated heterocycles. The van der Waals surface area contributed by atoms with Gasteiger partial charge in [-0.05, 0) is 48.4 Å². The minimum Gasteiger partial charge on any atom is -0.493 e. The van der Waals surface area contributed by atoms with Crippen molar-refractivity contribution in [2.45, 2.75) is 25.5 Å². The largest absolute Gasteiger partial charge is 0.493 e. The molecule has 2 aliphatic heterocycles. The van der Waals surface area contributed by atoms with E-state index in [2.05, 4.69) is 0 Å². The minimum atomic E-state index is -1.09. The van der Waals surface area contributed by atoms with Crippen LogP contribution < -0.4 is 19.4 Å². The molecule has 0 N–H and O–H groups in total. The van der Waals surface area contributed by atoms with Crippen molar-refractivity contribution >= 4 is 23.2 Å². The van der Waals surface area contributed by atoms with E-state index in [0.29, 0.717) is 29.4 Å². The topological polar surface area (TPSA) is 68.3 Å². The van der Waals surface area contributed by atoms with Crippen molar-refractivity contribution in [3.05, 3.63) is 84.2 Å². The summed E-state index contributed by atoms with van der Waals surface area (Å²) >= 11 is 0. The molecule has 5 rings (SSSR count). The number of hydrogen-bond acceptors (Lipinski definition) is 6. The normalized spacial score (nSPS) is 21.4. The number of amides is 2. The Hall–Kier alpha value is -3.91. The minimum absolute atomic E-state index is 0.0774. The van der Waals surface area contributed by atoms with Crippen LogP contribution >= 0.6 is 0 Å². The van der Waals surface area contributed by atoms with Gasteiger partial charge in [0.25, 0.3) is 5.91 Å². The highest BCUT2D eigenvalue weighted by molar-refractivity contribution is 6.24. The number of carbonyl (C=O) groups is 2. The van der Waals surface area contributed by atoms with Gasteiger partial charge in [0.2, 0.25) is 5.91 Å². The maximum absolute atomic E-state index is 14.5. The van der Waals surface area contributed by atoms with Crippen LogP contribution in [0.3, 0.4) is 0 Å². The highest BCUT2D eigenvalue weighted by Crippen LogP contribution is 2.48. The lowest BCUT2D eigenvalue weighted by Crippen LogP contribution is -2.37. The molecule has 35 heavy (non-hydrogen) atoms. The number of methoxy groups -OCH3 is 1.